The number of benzene rings is 1. The summed E-state index contributed by atoms with van der Waals surface area (Å²) in [5, 5.41) is 0. The molecule has 3 aliphatic carbocycles. The highest BCUT2D eigenvalue weighted by Gasteiger charge is 2.58. The summed E-state index contributed by atoms with van der Waals surface area (Å²) in [6, 6.07) is 6.27. The Bertz CT molecular complexity index is 905. The summed E-state index contributed by atoms with van der Waals surface area (Å²) in [6.45, 7) is 1.67. The summed E-state index contributed by atoms with van der Waals surface area (Å²) >= 11 is 0. The maximum atomic E-state index is 12.5. The van der Waals surface area contributed by atoms with Crippen molar-refractivity contribution in [3.05, 3.63) is 29.8 Å². The fraction of sp³-hybridized carbons (Fsp3) is 0.550. The third kappa shape index (κ3) is 4.06. The van der Waals surface area contributed by atoms with Crippen molar-refractivity contribution in [1.29, 1.82) is 0 Å². The van der Waals surface area contributed by atoms with Crippen LogP contribution in [-0.2, 0) is 38.2 Å². The number of hydrogen-bond acceptors (Lipinski definition) is 8. The van der Waals surface area contributed by atoms with E-state index in [1.165, 1.54) is 26.4 Å². The van der Waals surface area contributed by atoms with Crippen LogP contribution in [0.5, 0.6) is 0 Å². The number of carbonyl (C=O) groups excluding carboxylic acids is 3. The number of Topliss-reactive ketones (excluding diaryl/α,β-unsaturated/α-hetero) is 1. The van der Waals surface area contributed by atoms with Crippen LogP contribution in [0.25, 0.3) is 0 Å². The maximum absolute atomic E-state index is 12.5. The number of ether oxygens (including phenoxy) is 2. The normalized spacial score (nSPS) is 28.8. The minimum Gasteiger partial charge on any atom is -0.469 e. The molecule has 8 nitrogen and oxygen atoms in total. The maximum Gasteiger partial charge on any atom is 0.310 e. The number of rotatable bonds is 6. The van der Waals surface area contributed by atoms with Gasteiger partial charge in [-0.25, -0.2) is 0 Å². The van der Waals surface area contributed by atoms with Crippen LogP contribution in [0.1, 0.15) is 18.4 Å². The standard InChI is InChI=1S/C20H24O8S/c1-11-4-6-13(7-5-11)29(24,25)28-10-12-8-15-16(21)9-14(12)17(19(22)26-2)18(15)20(23)27-3/h4-7,12,14-15,17-18H,8-10H2,1-3H3/t12-,14+,15+,17+,18+/m1/s1. The van der Waals surface area contributed by atoms with Crippen LogP contribution >= 0.6 is 0 Å². The highest BCUT2D eigenvalue weighted by Crippen LogP contribution is 2.51. The zero-order chi connectivity index (χ0) is 21.3. The molecule has 3 fully saturated rings. The van der Waals surface area contributed by atoms with E-state index in [0.717, 1.165) is 5.56 Å². The van der Waals surface area contributed by atoms with Crippen LogP contribution in [0.15, 0.2) is 29.2 Å². The number of fused-ring (bicyclic) bond motifs is 3. The van der Waals surface area contributed by atoms with Crippen molar-refractivity contribution in [1.82, 2.24) is 0 Å². The van der Waals surface area contributed by atoms with Gasteiger partial charge in [-0.3, -0.25) is 18.6 Å². The Labute approximate surface area is 169 Å². The number of carbonyl (C=O) groups is 3. The van der Waals surface area contributed by atoms with Crippen LogP contribution in [-0.4, -0.2) is 47.0 Å². The number of hydrogen-bond donors (Lipinski definition) is 0. The molecule has 0 spiro atoms. The highest BCUT2D eigenvalue weighted by molar-refractivity contribution is 7.86. The molecule has 0 amide bonds. The molecule has 1 aromatic carbocycles. The fourth-order valence-corrected chi connectivity index (χ4v) is 5.47. The molecule has 9 heteroatoms. The van der Waals surface area contributed by atoms with E-state index in [1.807, 2.05) is 6.92 Å². The minimum atomic E-state index is -3.98. The number of esters is 2. The van der Waals surface area contributed by atoms with Crippen molar-refractivity contribution < 1.29 is 36.5 Å². The predicted molar refractivity (Wildman–Crippen MR) is 100 cm³/mol. The van der Waals surface area contributed by atoms with E-state index in [-0.39, 0.29) is 36.0 Å². The third-order valence-corrected chi connectivity index (χ3v) is 7.28. The van der Waals surface area contributed by atoms with E-state index in [1.54, 1.807) is 12.1 Å². The zero-order valence-corrected chi connectivity index (χ0v) is 17.3. The summed E-state index contributed by atoms with van der Waals surface area (Å²) in [5.41, 5.74) is 0.918. The average molecular weight is 424 g/mol. The third-order valence-electron chi connectivity index (χ3n) is 5.99. The Morgan fingerprint density at radius 3 is 2.21 bits per heavy atom. The van der Waals surface area contributed by atoms with Gasteiger partial charge in [0.2, 0.25) is 0 Å². The zero-order valence-electron chi connectivity index (χ0n) is 16.5. The molecular formula is C20H24O8S. The molecule has 0 N–H and O–H groups in total. The van der Waals surface area contributed by atoms with Crippen molar-refractivity contribution >= 4 is 27.8 Å². The first-order chi connectivity index (χ1) is 13.7. The first-order valence-corrected chi connectivity index (χ1v) is 10.7. The molecule has 4 rings (SSSR count). The van der Waals surface area contributed by atoms with Crippen molar-refractivity contribution in [2.75, 3.05) is 20.8 Å². The van der Waals surface area contributed by atoms with E-state index in [4.69, 9.17) is 13.7 Å². The van der Waals surface area contributed by atoms with Crippen LogP contribution in [0, 0.1) is 36.5 Å². The molecule has 0 unspecified atom stereocenters. The van der Waals surface area contributed by atoms with Crippen LogP contribution in [0.3, 0.4) is 0 Å². The van der Waals surface area contributed by atoms with Gasteiger partial charge < -0.3 is 9.47 Å². The molecule has 3 saturated carbocycles. The second-order valence-corrected chi connectivity index (χ2v) is 9.20. The quantitative estimate of drug-likeness (QED) is 0.499. The fourth-order valence-electron chi connectivity index (χ4n) is 4.51. The lowest BCUT2D eigenvalue weighted by molar-refractivity contribution is -0.177. The van der Waals surface area contributed by atoms with Gasteiger partial charge >= 0.3 is 11.9 Å². The van der Waals surface area contributed by atoms with Crippen molar-refractivity contribution in [3.63, 3.8) is 0 Å². The molecule has 158 valence electrons. The molecule has 0 aromatic heterocycles. The lowest BCUT2D eigenvalue weighted by Gasteiger charge is -2.48. The van der Waals surface area contributed by atoms with Gasteiger partial charge in [0.05, 0.1) is 37.6 Å². The van der Waals surface area contributed by atoms with E-state index >= 15 is 0 Å². The van der Waals surface area contributed by atoms with E-state index in [9.17, 15) is 22.8 Å². The highest BCUT2D eigenvalue weighted by atomic mass is 32.2. The molecule has 3 aliphatic rings. The molecule has 0 saturated heterocycles. The van der Waals surface area contributed by atoms with Gasteiger partial charge in [0, 0.05) is 12.3 Å². The van der Waals surface area contributed by atoms with Crippen molar-refractivity contribution in [2.24, 2.45) is 29.6 Å². The van der Waals surface area contributed by atoms with Gasteiger partial charge in [-0.1, -0.05) is 17.7 Å². The second-order valence-electron chi connectivity index (χ2n) is 7.59. The number of ketones is 1. The predicted octanol–water partition coefficient (Wildman–Crippen LogP) is 1.50. The summed E-state index contributed by atoms with van der Waals surface area (Å²) in [5.74, 6) is -4.76. The summed E-state index contributed by atoms with van der Waals surface area (Å²) in [7, 11) is -1.55. The van der Waals surface area contributed by atoms with Gasteiger partial charge in [-0.05, 0) is 37.3 Å². The van der Waals surface area contributed by atoms with Crippen LogP contribution in [0.2, 0.25) is 0 Å². The van der Waals surface area contributed by atoms with E-state index in [2.05, 4.69) is 0 Å². The van der Waals surface area contributed by atoms with Crippen molar-refractivity contribution in [2.45, 2.75) is 24.7 Å². The first kappa shape index (κ1) is 21.4. The topological polar surface area (TPSA) is 113 Å². The molecule has 0 aliphatic heterocycles. The number of methoxy groups -OCH3 is 2. The lowest BCUT2D eigenvalue weighted by Crippen LogP contribution is -2.56. The second kappa shape index (κ2) is 8.23. The Morgan fingerprint density at radius 2 is 1.62 bits per heavy atom. The van der Waals surface area contributed by atoms with Gasteiger partial charge in [-0.2, -0.15) is 8.42 Å². The molecule has 2 bridgehead atoms. The average Bonchev–Trinajstić information content (AvgIpc) is 2.71. The molecule has 0 radical (unpaired) electrons. The SMILES string of the molecule is COC(=O)[C@@H]1[C@@H](C(=O)OC)[C@H]2CC(=O)[C@@H]1C[C@@H]2COS(=O)(=O)c1ccc(C)cc1. The van der Waals surface area contributed by atoms with E-state index < -0.39 is 45.7 Å². The molecule has 1 aromatic rings. The molecular weight excluding hydrogens is 400 g/mol. The van der Waals surface area contributed by atoms with Gasteiger partial charge in [0.15, 0.2) is 0 Å². The molecule has 5 atom stereocenters. The monoisotopic (exact) mass is 424 g/mol. The Morgan fingerprint density at radius 1 is 1.03 bits per heavy atom. The Balaban J connectivity index is 1.81. The van der Waals surface area contributed by atoms with E-state index in [0.29, 0.717) is 0 Å². The number of aryl methyl sites for hydroxylation is 1. The van der Waals surface area contributed by atoms with Crippen LogP contribution < -0.4 is 0 Å². The summed E-state index contributed by atoms with van der Waals surface area (Å²) in [4.78, 5) is 37.1. The largest absolute Gasteiger partial charge is 0.469 e. The van der Waals surface area contributed by atoms with Gasteiger partial charge in [-0.15, -0.1) is 0 Å². The minimum absolute atomic E-state index is 0.0390. The smallest absolute Gasteiger partial charge is 0.310 e. The summed E-state index contributed by atoms with van der Waals surface area (Å²) < 4.78 is 39.9. The first-order valence-electron chi connectivity index (χ1n) is 9.34. The van der Waals surface area contributed by atoms with Gasteiger partial charge in [0.1, 0.15) is 5.78 Å². The molecule has 0 heterocycles. The summed E-state index contributed by atoms with van der Waals surface area (Å²) in [6.07, 6.45) is 0.344. The Hall–Kier alpha value is -2.26. The van der Waals surface area contributed by atoms with Crippen molar-refractivity contribution in [3.8, 4) is 0 Å². The van der Waals surface area contributed by atoms with Crippen LogP contribution in [0.4, 0.5) is 0 Å². The Kier molecular flexibility index (Phi) is 6.09. The molecule has 29 heavy (non-hydrogen) atoms. The van der Waals surface area contributed by atoms with Gasteiger partial charge in [0.25, 0.3) is 10.1 Å². The lowest BCUT2D eigenvalue weighted by atomic mass is 9.54.